The SMILES string of the molecule is COc1ccc(-n2nc3cc(C)c(NC(=O)c4c(OC)cccc4OC)cc3n2)cc1. The Bertz CT molecular complexity index is 1230. The predicted octanol–water partition coefficient (Wildman–Crippen LogP) is 4.01. The number of fused-ring (bicyclic) bond motifs is 1. The van der Waals surface area contributed by atoms with E-state index in [2.05, 4.69) is 15.5 Å². The third-order valence-corrected chi connectivity index (χ3v) is 4.93. The molecule has 0 spiro atoms. The van der Waals surface area contributed by atoms with E-state index >= 15 is 0 Å². The van der Waals surface area contributed by atoms with Gasteiger partial charge in [0, 0.05) is 5.69 Å². The largest absolute Gasteiger partial charge is 0.497 e. The molecule has 1 aromatic heterocycles. The maximum Gasteiger partial charge on any atom is 0.263 e. The Morgan fingerprint density at radius 2 is 1.48 bits per heavy atom. The van der Waals surface area contributed by atoms with Gasteiger partial charge in [-0.3, -0.25) is 4.79 Å². The summed E-state index contributed by atoms with van der Waals surface area (Å²) in [5.41, 5.74) is 4.00. The number of ether oxygens (including phenoxy) is 3. The van der Waals surface area contributed by atoms with Gasteiger partial charge in [0.1, 0.15) is 33.8 Å². The maximum absolute atomic E-state index is 13.0. The number of nitrogens with zero attached hydrogens (tertiary/aromatic N) is 3. The van der Waals surface area contributed by atoms with Gasteiger partial charge in [0.2, 0.25) is 0 Å². The standard InChI is InChI=1S/C23H22N4O4/c1-14-12-18-19(26-27(25-18)15-8-10-16(29-2)11-9-15)13-17(14)24-23(28)22-20(30-3)6-5-7-21(22)31-4/h5-13H,1-4H3,(H,24,28). The van der Waals surface area contributed by atoms with Crippen LogP contribution in [0.1, 0.15) is 15.9 Å². The molecule has 0 aliphatic carbocycles. The van der Waals surface area contributed by atoms with Gasteiger partial charge in [-0.1, -0.05) is 6.07 Å². The van der Waals surface area contributed by atoms with Crippen LogP contribution in [0.15, 0.2) is 54.6 Å². The molecule has 0 aliphatic rings. The monoisotopic (exact) mass is 418 g/mol. The Labute approximate surface area is 179 Å². The van der Waals surface area contributed by atoms with E-state index in [0.29, 0.717) is 28.3 Å². The van der Waals surface area contributed by atoms with Crippen LogP contribution in [0, 0.1) is 6.92 Å². The summed E-state index contributed by atoms with van der Waals surface area (Å²) in [6.07, 6.45) is 0. The van der Waals surface area contributed by atoms with Gasteiger partial charge in [0.25, 0.3) is 5.91 Å². The number of carbonyl (C=O) groups excluding carboxylic acids is 1. The first-order valence-corrected chi connectivity index (χ1v) is 9.58. The molecule has 8 heteroatoms. The van der Waals surface area contributed by atoms with E-state index in [-0.39, 0.29) is 5.91 Å². The van der Waals surface area contributed by atoms with Gasteiger partial charge in [-0.05, 0) is 61.0 Å². The van der Waals surface area contributed by atoms with Crippen molar-refractivity contribution in [1.29, 1.82) is 0 Å². The zero-order valence-corrected chi connectivity index (χ0v) is 17.7. The number of aryl methyl sites for hydroxylation is 1. The Balaban J connectivity index is 1.67. The molecular weight excluding hydrogens is 396 g/mol. The smallest absolute Gasteiger partial charge is 0.263 e. The molecule has 0 atom stereocenters. The number of methoxy groups -OCH3 is 3. The molecule has 1 amide bonds. The van der Waals surface area contributed by atoms with Crippen LogP contribution in [0.3, 0.4) is 0 Å². The van der Waals surface area contributed by atoms with Crippen molar-refractivity contribution >= 4 is 22.6 Å². The molecule has 0 radical (unpaired) electrons. The van der Waals surface area contributed by atoms with Crippen molar-refractivity contribution in [2.24, 2.45) is 0 Å². The minimum absolute atomic E-state index is 0.328. The minimum atomic E-state index is -0.334. The van der Waals surface area contributed by atoms with Gasteiger partial charge in [-0.15, -0.1) is 10.2 Å². The minimum Gasteiger partial charge on any atom is -0.497 e. The second-order valence-corrected chi connectivity index (χ2v) is 6.83. The highest BCUT2D eigenvalue weighted by molar-refractivity contribution is 6.09. The fraction of sp³-hybridized carbons (Fsp3) is 0.174. The van der Waals surface area contributed by atoms with Crippen molar-refractivity contribution < 1.29 is 19.0 Å². The topological polar surface area (TPSA) is 87.5 Å². The maximum atomic E-state index is 13.0. The predicted molar refractivity (Wildman–Crippen MR) is 118 cm³/mol. The number of hydrogen-bond donors (Lipinski definition) is 1. The molecule has 4 rings (SSSR count). The van der Waals surface area contributed by atoms with E-state index in [4.69, 9.17) is 14.2 Å². The lowest BCUT2D eigenvalue weighted by Gasteiger charge is -2.14. The number of anilines is 1. The summed E-state index contributed by atoms with van der Waals surface area (Å²) in [7, 11) is 4.65. The van der Waals surface area contributed by atoms with Crippen LogP contribution in [0.25, 0.3) is 16.7 Å². The van der Waals surface area contributed by atoms with E-state index in [1.165, 1.54) is 14.2 Å². The average molecular weight is 418 g/mol. The normalized spacial score (nSPS) is 10.7. The lowest BCUT2D eigenvalue weighted by atomic mass is 10.1. The summed E-state index contributed by atoms with van der Waals surface area (Å²) in [5, 5.41) is 12.0. The first-order valence-electron chi connectivity index (χ1n) is 9.58. The molecule has 8 nitrogen and oxygen atoms in total. The Morgan fingerprint density at radius 1 is 0.871 bits per heavy atom. The fourth-order valence-corrected chi connectivity index (χ4v) is 3.29. The van der Waals surface area contributed by atoms with Crippen LogP contribution < -0.4 is 19.5 Å². The molecule has 158 valence electrons. The molecule has 0 saturated heterocycles. The van der Waals surface area contributed by atoms with Crippen molar-refractivity contribution in [2.45, 2.75) is 6.92 Å². The molecule has 0 fully saturated rings. The second kappa shape index (κ2) is 8.35. The van der Waals surface area contributed by atoms with E-state index in [1.54, 1.807) is 36.2 Å². The van der Waals surface area contributed by atoms with E-state index in [0.717, 1.165) is 22.5 Å². The van der Waals surface area contributed by atoms with Gasteiger partial charge in [-0.25, -0.2) is 0 Å². The third-order valence-electron chi connectivity index (χ3n) is 4.93. The lowest BCUT2D eigenvalue weighted by molar-refractivity contribution is 0.102. The van der Waals surface area contributed by atoms with E-state index in [1.807, 2.05) is 37.3 Å². The van der Waals surface area contributed by atoms with Crippen LogP contribution in [0.4, 0.5) is 5.69 Å². The van der Waals surface area contributed by atoms with Crippen LogP contribution in [-0.2, 0) is 0 Å². The highest BCUT2D eigenvalue weighted by atomic mass is 16.5. The molecule has 0 saturated carbocycles. The molecule has 31 heavy (non-hydrogen) atoms. The van der Waals surface area contributed by atoms with Crippen molar-refractivity contribution in [1.82, 2.24) is 15.0 Å². The molecule has 0 unspecified atom stereocenters. The number of rotatable bonds is 6. The molecule has 1 heterocycles. The van der Waals surface area contributed by atoms with E-state index in [9.17, 15) is 4.79 Å². The number of amides is 1. The van der Waals surface area contributed by atoms with E-state index < -0.39 is 0 Å². The summed E-state index contributed by atoms with van der Waals surface area (Å²) in [6, 6.07) is 16.3. The average Bonchev–Trinajstić information content (AvgIpc) is 3.21. The van der Waals surface area contributed by atoms with Crippen molar-refractivity contribution in [3.8, 4) is 22.9 Å². The van der Waals surface area contributed by atoms with Crippen molar-refractivity contribution in [3.63, 3.8) is 0 Å². The quantitative estimate of drug-likeness (QED) is 0.509. The first kappa shape index (κ1) is 20.2. The molecule has 0 bridgehead atoms. The summed E-state index contributed by atoms with van der Waals surface area (Å²) < 4.78 is 15.9. The highest BCUT2D eigenvalue weighted by Gasteiger charge is 2.19. The first-order chi connectivity index (χ1) is 15.0. The van der Waals surface area contributed by atoms with Gasteiger partial charge in [-0.2, -0.15) is 4.80 Å². The van der Waals surface area contributed by atoms with Crippen molar-refractivity contribution in [3.05, 3.63) is 65.7 Å². The van der Waals surface area contributed by atoms with Crippen LogP contribution in [-0.4, -0.2) is 42.2 Å². The van der Waals surface area contributed by atoms with Crippen LogP contribution in [0.2, 0.25) is 0 Å². The Morgan fingerprint density at radius 3 is 2.06 bits per heavy atom. The number of benzene rings is 3. The zero-order chi connectivity index (χ0) is 22.0. The molecule has 4 aromatic rings. The van der Waals surface area contributed by atoms with Crippen LogP contribution >= 0.6 is 0 Å². The Hall–Kier alpha value is -4.07. The fourth-order valence-electron chi connectivity index (χ4n) is 3.29. The summed E-state index contributed by atoms with van der Waals surface area (Å²) in [6.45, 7) is 1.90. The molecule has 3 aromatic carbocycles. The van der Waals surface area contributed by atoms with Crippen molar-refractivity contribution in [2.75, 3.05) is 26.6 Å². The van der Waals surface area contributed by atoms with Gasteiger partial charge in [0.15, 0.2) is 0 Å². The van der Waals surface area contributed by atoms with Gasteiger partial charge in [0.05, 0.1) is 27.0 Å². The molecule has 0 aliphatic heterocycles. The van der Waals surface area contributed by atoms with Gasteiger partial charge < -0.3 is 19.5 Å². The zero-order valence-electron chi connectivity index (χ0n) is 17.7. The summed E-state index contributed by atoms with van der Waals surface area (Å²) in [5.74, 6) is 1.29. The second-order valence-electron chi connectivity index (χ2n) is 6.83. The number of nitrogens with one attached hydrogen (secondary N) is 1. The number of aromatic nitrogens is 3. The molecular formula is C23H22N4O4. The lowest BCUT2D eigenvalue weighted by Crippen LogP contribution is -2.15. The third kappa shape index (κ3) is 3.87. The number of carbonyl (C=O) groups is 1. The highest BCUT2D eigenvalue weighted by Crippen LogP contribution is 2.30. The number of hydrogen-bond acceptors (Lipinski definition) is 6. The summed E-state index contributed by atoms with van der Waals surface area (Å²) in [4.78, 5) is 14.6. The summed E-state index contributed by atoms with van der Waals surface area (Å²) >= 11 is 0. The molecule has 1 N–H and O–H groups in total. The Kier molecular flexibility index (Phi) is 5.44. The van der Waals surface area contributed by atoms with Gasteiger partial charge >= 0.3 is 0 Å². The van der Waals surface area contributed by atoms with Crippen LogP contribution in [0.5, 0.6) is 17.2 Å².